The minimum atomic E-state index is -2.24. The first-order valence-electron chi connectivity index (χ1n) is 16.8. The van der Waals surface area contributed by atoms with E-state index in [9.17, 15) is 0 Å². The molecule has 0 N–H and O–H groups in total. The smallest absolute Gasteiger partial charge is 0.256 e. The third-order valence-corrected chi connectivity index (χ3v) is 11.0. The molecule has 3 aromatic rings. The van der Waals surface area contributed by atoms with Crippen LogP contribution in [0.1, 0.15) is 102 Å². The Balaban J connectivity index is 1.56. The number of rotatable bonds is 1. The van der Waals surface area contributed by atoms with E-state index in [1.54, 1.807) is 6.07 Å². The van der Waals surface area contributed by atoms with Gasteiger partial charge in [0.2, 0.25) is 0 Å². The molecule has 0 saturated heterocycles. The summed E-state index contributed by atoms with van der Waals surface area (Å²) in [4.78, 5) is 2.59. The molecule has 3 aromatic carbocycles. The Hall–Kier alpha value is -2.68. The molecule has 4 aliphatic rings. The van der Waals surface area contributed by atoms with Crippen LogP contribution in [0.5, 0.6) is 11.5 Å². The lowest BCUT2D eigenvalue weighted by atomic mass is 9.34. The Morgan fingerprint density at radius 2 is 1.52 bits per heavy atom. The highest BCUT2D eigenvalue weighted by atomic mass is 16.5. The van der Waals surface area contributed by atoms with E-state index in [0.717, 1.165) is 22.4 Å². The van der Waals surface area contributed by atoms with Gasteiger partial charge in [0.1, 0.15) is 11.5 Å². The van der Waals surface area contributed by atoms with Gasteiger partial charge in [0.25, 0.3) is 6.71 Å². The summed E-state index contributed by atoms with van der Waals surface area (Å²) in [6.07, 6.45) is 3.69. The molecule has 2 heterocycles. The summed E-state index contributed by atoms with van der Waals surface area (Å²) in [5.74, 6) is 2.18. The van der Waals surface area contributed by atoms with Gasteiger partial charge in [-0.05, 0) is 111 Å². The van der Waals surface area contributed by atoms with E-state index in [4.69, 9.17) is 8.85 Å². The number of anilines is 2. The van der Waals surface area contributed by atoms with Crippen molar-refractivity contribution in [2.75, 3.05) is 4.90 Å². The maximum absolute atomic E-state index is 8.49. The molecule has 2 aliphatic carbocycles. The quantitative estimate of drug-likeness (QED) is 0.230. The van der Waals surface area contributed by atoms with Crippen LogP contribution in [0.15, 0.2) is 48.5 Å². The zero-order chi connectivity index (χ0) is 31.1. The first kappa shape index (κ1) is 22.9. The molecule has 2 aliphatic heterocycles. The zero-order valence-corrected chi connectivity index (χ0v) is 25.8. The summed E-state index contributed by atoms with van der Waals surface area (Å²) >= 11 is 0. The number of fused-ring (bicyclic) bond motifs is 6. The van der Waals surface area contributed by atoms with Crippen LogP contribution in [0.3, 0.4) is 0 Å². The summed E-state index contributed by atoms with van der Waals surface area (Å²) in [6.45, 7) is 18.6. The van der Waals surface area contributed by atoms with Gasteiger partial charge in [0, 0.05) is 21.5 Å². The molecule has 208 valence electrons. The van der Waals surface area contributed by atoms with Crippen LogP contribution in [0.2, 0.25) is 0 Å². The topological polar surface area (TPSA) is 12.5 Å². The molecule has 0 spiro atoms. The summed E-state index contributed by atoms with van der Waals surface area (Å²) in [5, 5.41) is 0. The van der Waals surface area contributed by atoms with Crippen molar-refractivity contribution in [3.63, 3.8) is 0 Å². The zero-order valence-electron chi connectivity index (χ0n) is 28.8. The van der Waals surface area contributed by atoms with Crippen molar-refractivity contribution >= 4 is 34.5 Å². The molecule has 0 aromatic heterocycles. The first-order valence-corrected chi connectivity index (χ1v) is 15.3. The third-order valence-electron chi connectivity index (χ3n) is 11.0. The standard InChI is InChI=1S/C37H46BNO/c1-22-17-29-32-31(18-22)40-30-20-24(35(5,6)7)12-14-27(30)38(32)26-13-11-23(34(2,3)4)19-28(26)39(29)33-36(8,9)25-15-16-37(33,10)21-25/h11-14,17-20,25,33H,15-16,21H2,1-10H3/i1D3. The molecule has 3 atom stereocenters. The highest BCUT2D eigenvalue weighted by Crippen LogP contribution is 2.65. The van der Waals surface area contributed by atoms with E-state index in [1.165, 1.54) is 41.5 Å². The molecule has 2 bridgehead atoms. The lowest BCUT2D eigenvalue weighted by molar-refractivity contribution is 0.140. The molecule has 2 nitrogen and oxygen atoms in total. The second-order valence-corrected chi connectivity index (χ2v) is 16.2. The van der Waals surface area contributed by atoms with Crippen LogP contribution in [0.25, 0.3) is 0 Å². The van der Waals surface area contributed by atoms with Gasteiger partial charge in [0.05, 0.1) is 0 Å². The van der Waals surface area contributed by atoms with Crippen LogP contribution in [-0.4, -0.2) is 12.8 Å². The lowest BCUT2D eigenvalue weighted by Crippen LogP contribution is -2.63. The van der Waals surface area contributed by atoms with E-state index >= 15 is 0 Å². The van der Waals surface area contributed by atoms with Crippen LogP contribution in [-0.2, 0) is 10.8 Å². The Bertz CT molecular complexity index is 1660. The van der Waals surface area contributed by atoms with E-state index in [0.29, 0.717) is 17.2 Å². The minimum Gasteiger partial charge on any atom is -0.458 e. The average Bonchev–Trinajstić information content (AvgIpc) is 3.38. The predicted molar refractivity (Wildman–Crippen MR) is 171 cm³/mol. The fourth-order valence-corrected chi connectivity index (χ4v) is 8.90. The van der Waals surface area contributed by atoms with Crippen molar-refractivity contribution in [1.29, 1.82) is 0 Å². The Labute approximate surface area is 246 Å². The van der Waals surface area contributed by atoms with Crippen molar-refractivity contribution in [3.8, 4) is 11.5 Å². The van der Waals surface area contributed by atoms with Crippen LogP contribution in [0, 0.1) is 23.6 Å². The Morgan fingerprint density at radius 3 is 2.15 bits per heavy atom. The average molecular weight is 535 g/mol. The summed E-state index contributed by atoms with van der Waals surface area (Å²) in [5.41, 5.74) is 8.84. The highest BCUT2D eigenvalue weighted by Gasteiger charge is 2.62. The van der Waals surface area contributed by atoms with Crippen molar-refractivity contribution in [3.05, 3.63) is 65.2 Å². The summed E-state index contributed by atoms with van der Waals surface area (Å²) in [7, 11) is 0. The molecule has 2 fully saturated rings. The largest absolute Gasteiger partial charge is 0.458 e. The second-order valence-electron chi connectivity index (χ2n) is 16.2. The molecule has 3 unspecified atom stereocenters. The van der Waals surface area contributed by atoms with Gasteiger partial charge in [-0.25, -0.2) is 0 Å². The molecular weight excluding hydrogens is 485 g/mol. The SMILES string of the molecule is [2H]C([2H])([2H])c1cc2c3c(c1)N(C1C4(C)CCC(C4)C1(C)C)c1cc(C(C)(C)C)ccc1B3c1ccc(C(C)(C)C)cc1O2. The highest BCUT2D eigenvalue weighted by molar-refractivity contribution is 6.99. The summed E-state index contributed by atoms with van der Waals surface area (Å²) in [6, 6.07) is 17.8. The van der Waals surface area contributed by atoms with Gasteiger partial charge in [-0.3, -0.25) is 0 Å². The normalized spacial score (nSPS) is 27.3. The van der Waals surface area contributed by atoms with E-state index in [1.807, 2.05) is 6.07 Å². The maximum Gasteiger partial charge on any atom is 0.256 e. The fourth-order valence-electron chi connectivity index (χ4n) is 8.90. The van der Waals surface area contributed by atoms with Gasteiger partial charge in [-0.15, -0.1) is 0 Å². The molecular formula is C37H46BNO. The number of aryl methyl sites for hydroxylation is 1. The fraction of sp³-hybridized carbons (Fsp3) is 0.514. The van der Waals surface area contributed by atoms with E-state index in [-0.39, 0.29) is 34.4 Å². The van der Waals surface area contributed by atoms with Crippen molar-refractivity contribution in [2.45, 2.75) is 105 Å². The van der Waals surface area contributed by atoms with Crippen LogP contribution < -0.4 is 26.0 Å². The minimum absolute atomic E-state index is 0.0179. The van der Waals surface area contributed by atoms with Crippen LogP contribution >= 0.6 is 0 Å². The molecule has 0 amide bonds. The lowest BCUT2D eigenvalue weighted by Gasteiger charge is -2.53. The number of hydrogen-bond acceptors (Lipinski definition) is 2. The molecule has 40 heavy (non-hydrogen) atoms. The number of benzene rings is 3. The Morgan fingerprint density at radius 1 is 0.850 bits per heavy atom. The van der Waals surface area contributed by atoms with Gasteiger partial charge in [-0.1, -0.05) is 86.6 Å². The first-order chi connectivity index (χ1) is 19.8. The Kier molecular flexibility index (Phi) is 4.58. The van der Waals surface area contributed by atoms with Gasteiger partial charge in [0.15, 0.2) is 0 Å². The number of hydrogen-bond donors (Lipinski definition) is 0. The van der Waals surface area contributed by atoms with Crippen molar-refractivity contribution in [1.82, 2.24) is 0 Å². The van der Waals surface area contributed by atoms with Crippen molar-refractivity contribution < 1.29 is 8.85 Å². The maximum atomic E-state index is 8.49. The molecule has 3 heteroatoms. The molecule has 2 saturated carbocycles. The van der Waals surface area contributed by atoms with Crippen LogP contribution in [0.4, 0.5) is 11.4 Å². The molecule has 7 rings (SSSR count). The number of ether oxygens (including phenoxy) is 1. The monoisotopic (exact) mass is 534 g/mol. The number of nitrogens with zero attached hydrogens (tertiary/aromatic N) is 1. The third kappa shape index (κ3) is 3.55. The van der Waals surface area contributed by atoms with E-state index in [2.05, 4.69) is 104 Å². The summed E-state index contributed by atoms with van der Waals surface area (Å²) < 4.78 is 32.2. The van der Waals surface area contributed by atoms with Gasteiger partial charge >= 0.3 is 0 Å². The van der Waals surface area contributed by atoms with E-state index < -0.39 is 6.85 Å². The predicted octanol–water partition coefficient (Wildman–Crippen LogP) is 7.88. The van der Waals surface area contributed by atoms with Gasteiger partial charge in [-0.2, -0.15) is 0 Å². The molecule has 0 radical (unpaired) electrons. The van der Waals surface area contributed by atoms with Gasteiger partial charge < -0.3 is 9.64 Å². The second kappa shape index (κ2) is 7.99. The van der Waals surface area contributed by atoms with Crippen molar-refractivity contribution in [2.24, 2.45) is 16.7 Å².